The maximum absolute atomic E-state index is 5.80. The molecule has 6 nitrogen and oxygen atoms in total. The van der Waals surface area contributed by atoms with Crippen molar-refractivity contribution in [3.63, 3.8) is 0 Å². The third-order valence-corrected chi connectivity index (χ3v) is 2.46. The van der Waals surface area contributed by atoms with Crippen LogP contribution in [0.1, 0.15) is 24.8 Å². The van der Waals surface area contributed by atoms with Gasteiger partial charge in [-0.15, -0.1) is 0 Å². The van der Waals surface area contributed by atoms with Gasteiger partial charge in [0, 0.05) is 6.07 Å². The van der Waals surface area contributed by atoms with Crippen LogP contribution >= 0.6 is 0 Å². The number of aromatic nitrogens is 2. The Morgan fingerprint density at radius 2 is 2.26 bits per heavy atom. The molecule has 3 N–H and O–H groups in total. The summed E-state index contributed by atoms with van der Waals surface area (Å²) in [5.74, 6) is 1.94. The molecule has 0 saturated carbocycles. The van der Waals surface area contributed by atoms with Gasteiger partial charge in [-0.2, -0.15) is 4.98 Å². The molecule has 0 aliphatic heterocycles. The number of nitrogen functional groups attached to an aromatic ring is 1. The minimum Gasteiger partial charge on any atom is -0.476 e. The first kappa shape index (κ1) is 13.2. The fraction of sp³-hybridized carbons (Fsp3) is 0.385. The second-order valence-electron chi connectivity index (χ2n) is 4.22. The number of nitrogens with zero attached hydrogens (tertiary/aromatic N) is 2. The molecule has 0 unspecified atom stereocenters. The van der Waals surface area contributed by atoms with Crippen molar-refractivity contribution in [2.45, 2.75) is 26.8 Å². The van der Waals surface area contributed by atoms with Crippen molar-refractivity contribution in [1.29, 1.82) is 0 Å². The van der Waals surface area contributed by atoms with E-state index in [9.17, 15) is 0 Å². The molecule has 0 atom stereocenters. The molecule has 2 aromatic rings. The molecular formula is C13H18N4O2. The van der Waals surface area contributed by atoms with Crippen molar-refractivity contribution >= 4 is 11.5 Å². The van der Waals surface area contributed by atoms with E-state index in [4.69, 9.17) is 15.0 Å². The third-order valence-electron chi connectivity index (χ3n) is 2.46. The molecule has 2 rings (SSSR count). The van der Waals surface area contributed by atoms with Crippen molar-refractivity contribution in [2.24, 2.45) is 0 Å². The molecule has 2 aromatic heterocycles. The molecule has 19 heavy (non-hydrogen) atoms. The molecule has 102 valence electrons. The molecule has 0 fully saturated rings. The van der Waals surface area contributed by atoms with Gasteiger partial charge in [0.15, 0.2) is 0 Å². The van der Waals surface area contributed by atoms with Gasteiger partial charge in [0.1, 0.15) is 17.3 Å². The van der Waals surface area contributed by atoms with Crippen molar-refractivity contribution in [3.05, 3.63) is 29.7 Å². The fourth-order valence-electron chi connectivity index (χ4n) is 1.55. The maximum Gasteiger partial charge on any atom is 0.239 e. The van der Waals surface area contributed by atoms with Crippen LogP contribution in [0.3, 0.4) is 0 Å². The van der Waals surface area contributed by atoms with E-state index in [1.165, 1.54) is 0 Å². The first-order valence-corrected chi connectivity index (χ1v) is 6.24. The van der Waals surface area contributed by atoms with Gasteiger partial charge in [-0.05, 0) is 25.5 Å². The first-order valence-electron chi connectivity index (χ1n) is 6.24. The smallest absolute Gasteiger partial charge is 0.239 e. The molecule has 0 amide bonds. The van der Waals surface area contributed by atoms with E-state index in [0.717, 1.165) is 17.9 Å². The Morgan fingerprint density at radius 3 is 2.95 bits per heavy atom. The van der Waals surface area contributed by atoms with Gasteiger partial charge in [-0.25, -0.2) is 0 Å². The van der Waals surface area contributed by atoms with Gasteiger partial charge in [-0.1, -0.05) is 12.1 Å². The topological polar surface area (TPSA) is 86.2 Å². The van der Waals surface area contributed by atoms with E-state index in [1.54, 1.807) is 12.1 Å². The van der Waals surface area contributed by atoms with Crippen LogP contribution in [-0.2, 0) is 6.54 Å². The summed E-state index contributed by atoms with van der Waals surface area (Å²) in [5.41, 5.74) is 7.16. The summed E-state index contributed by atoms with van der Waals surface area (Å²) in [4.78, 5) is 4.31. The van der Waals surface area contributed by atoms with Crippen molar-refractivity contribution in [3.8, 4) is 5.88 Å². The standard InChI is InChI=1S/C13H18N4O2/c1-3-6-18-13-11(14)4-5-12(16-13)15-8-10-7-9(2)19-17-10/h4-5,7H,3,6,8,14H2,1-2H3,(H,15,16). The van der Waals surface area contributed by atoms with Gasteiger partial charge < -0.3 is 20.3 Å². The number of nitrogens with one attached hydrogen (secondary N) is 1. The molecule has 0 radical (unpaired) electrons. The molecule has 6 heteroatoms. The largest absolute Gasteiger partial charge is 0.476 e. The van der Waals surface area contributed by atoms with E-state index in [0.29, 0.717) is 30.5 Å². The Kier molecular flexibility index (Phi) is 4.22. The number of pyridine rings is 1. The van der Waals surface area contributed by atoms with E-state index in [1.807, 2.05) is 19.9 Å². The third kappa shape index (κ3) is 3.61. The van der Waals surface area contributed by atoms with E-state index < -0.39 is 0 Å². The number of anilines is 2. The Balaban J connectivity index is 2.00. The van der Waals surface area contributed by atoms with Crippen LogP contribution in [0.2, 0.25) is 0 Å². The summed E-state index contributed by atoms with van der Waals surface area (Å²) >= 11 is 0. The fourth-order valence-corrected chi connectivity index (χ4v) is 1.55. The zero-order valence-corrected chi connectivity index (χ0v) is 11.1. The summed E-state index contributed by atoms with van der Waals surface area (Å²) in [6.07, 6.45) is 0.914. The van der Waals surface area contributed by atoms with Crippen LogP contribution < -0.4 is 15.8 Å². The molecule has 0 saturated heterocycles. The molecular weight excluding hydrogens is 244 g/mol. The second-order valence-corrected chi connectivity index (χ2v) is 4.22. The quantitative estimate of drug-likeness (QED) is 0.831. The van der Waals surface area contributed by atoms with E-state index >= 15 is 0 Å². The predicted octanol–water partition coefficient (Wildman–Crippen LogP) is 2.36. The van der Waals surface area contributed by atoms with Crippen molar-refractivity contribution in [1.82, 2.24) is 10.1 Å². The highest BCUT2D eigenvalue weighted by Gasteiger charge is 2.05. The lowest BCUT2D eigenvalue weighted by Gasteiger charge is -2.09. The minimum absolute atomic E-state index is 0.461. The summed E-state index contributed by atoms with van der Waals surface area (Å²) < 4.78 is 10.5. The van der Waals surface area contributed by atoms with Gasteiger partial charge >= 0.3 is 0 Å². The number of nitrogens with two attached hydrogens (primary N) is 1. The number of hydrogen-bond donors (Lipinski definition) is 2. The summed E-state index contributed by atoms with van der Waals surface area (Å²) in [6, 6.07) is 5.45. The zero-order valence-electron chi connectivity index (χ0n) is 11.1. The number of rotatable bonds is 6. The average Bonchev–Trinajstić information content (AvgIpc) is 2.82. The Labute approximate surface area is 112 Å². The van der Waals surface area contributed by atoms with Gasteiger partial charge in [0.25, 0.3) is 0 Å². The molecule has 2 heterocycles. The predicted molar refractivity (Wildman–Crippen MR) is 73.0 cm³/mol. The molecule has 0 aromatic carbocycles. The minimum atomic E-state index is 0.461. The highest BCUT2D eigenvalue weighted by molar-refractivity contribution is 5.53. The zero-order chi connectivity index (χ0) is 13.7. The average molecular weight is 262 g/mol. The Morgan fingerprint density at radius 1 is 1.42 bits per heavy atom. The SMILES string of the molecule is CCCOc1nc(NCc2cc(C)on2)ccc1N. The van der Waals surface area contributed by atoms with Gasteiger partial charge in [0.05, 0.1) is 18.8 Å². The summed E-state index contributed by atoms with van der Waals surface area (Å²) in [7, 11) is 0. The van der Waals surface area contributed by atoms with E-state index in [-0.39, 0.29) is 0 Å². The Hall–Kier alpha value is -2.24. The second kappa shape index (κ2) is 6.08. The van der Waals surface area contributed by atoms with Crippen LogP contribution in [0, 0.1) is 6.92 Å². The number of ether oxygens (including phenoxy) is 1. The lowest BCUT2D eigenvalue weighted by atomic mass is 10.3. The van der Waals surface area contributed by atoms with Crippen LogP contribution in [0.15, 0.2) is 22.7 Å². The van der Waals surface area contributed by atoms with Crippen LogP contribution in [0.4, 0.5) is 11.5 Å². The highest BCUT2D eigenvalue weighted by atomic mass is 16.5. The number of aryl methyl sites for hydroxylation is 1. The van der Waals surface area contributed by atoms with Crippen LogP contribution in [0.5, 0.6) is 5.88 Å². The maximum atomic E-state index is 5.80. The molecule has 0 aliphatic rings. The lowest BCUT2D eigenvalue weighted by molar-refractivity contribution is 0.307. The molecule has 0 aliphatic carbocycles. The van der Waals surface area contributed by atoms with Gasteiger partial charge in [0.2, 0.25) is 5.88 Å². The Bertz CT molecular complexity index is 539. The summed E-state index contributed by atoms with van der Waals surface area (Å²) in [6.45, 7) is 5.03. The highest BCUT2D eigenvalue weighted by Crippen LogP contribution is 2.21. The monoisotopic (exact) mass is 262 g/mol. The number of hydrogen-bond acceptors (Lipinski definition) is 6. The lowest BCUT2D eigenvalue weighted by Crippen LogP contribution is -2.05. The van der Waals surface area contributed by atoms with Crippen molar-refractivity contribution in [2.75, 3.05) is 17.7 Å². The van der Waals surface area contributed by atoms with E-state index in [2.05, 4.69) is 15.5 Å². The molecule has 0 bridgehead atoms. The molecule has 0 spiro atoms. The summed E-state index contributed by atoms with van der Waals surface area (Å²) in [5, 5.41) is 7.05. The van der Waals surface area contributed by atoms with Crippen LogP contribution in [-0.4, -0.2) is 16.7 Å². The van der Waals surface area contributed by atoms with Gasteiger partial charge in [-0.3, -0.25) is 0 Å². The normalized spacial score (nSPS) is 10.4. The first-order chi connectivity index (χ1) is 9.19. The van der Waals surface area contributed by atoms with Crippen molar-refractivity contribution < 1.29 is 9.26 Å². The van der Waals surface area contributed by atoms with Crippen LogP contribution in [0.25, 0.3) is 0 Å².